The lowest BCUT2D eigenvalue weighted by Gasteiger charge is -2.29. The van der Waals surface area contributed by atoms with Crippen molar-refractivity contribution in [1.82, 2.24) is 0 Å². The summed E-state index contributed by atoms with van der Waals surface area (Å²) >= 11 is 3.35. The van der Waals surface area contributed by atoms with Crippen LogP contribution in [0.15, 0.2) is 46.9 Å². The van der Waals surface area contributed by atoms with Crippen molar-refractivity contribution >= 4 is 27.5 Å². The fourth-order valence-corrected chi connectivity index (χ4v) is 2.77. The van der Waals surface area contributed by atoms with Crippen molar-refractivity contribution < 1.29 is 9.18 Å². The van der Waals surface area contributed by atoms with Gasteiger partial charge in [-0.25, -0.2) is 4.39 Å². The van der Waals surface area contributed by atoms with E-state index in [4.69, 9.17) is 0 Å². The van der Waals surface area contributed by atoms with E-state index in [1.165, 1.54) is 12.1 Å². The Morgan fingerprint density at radius 3 is 2.65 bits per heavy atom. The monoisotopic (exact) mass is 333 g/mol. The Bertz CT molecular complexity index is 654. The smallest absolute Gasteiger partial charge is 0.258 e. The molecular weight excluding hydrogens is 321 g/mol. The molecule has 3 rings (SSSR count). The highest BCUT2D eigenvalue weighted by Gasteiger charge is 2.23. The molecule has 2 aromatic rings. The fraction of sp³-hybridized carbons (Fsp3) is 0.188. The number of carbonyl (C=O) groups is 1. The fourth-order valence-electron chi connectivity index (χ4n) is 2.51. The molecule has 4 heteroatoms. The van der Waals surface area contributed by atoms with Crippen LogP contribution in [0.25, 0.3) is 0 Å². The Labute approximate surface area is 125 Å². The van der Waals surface area contributed by atoms with E-state index in [0.29, 0.717) is 17.8 Å². The van der Waals surface area contributed by atoms with E-state index in [1.807, 2.05) is 12.1 Å². The summed E-state index contributed by atoms with van der Waals surface area (Å²) < 4.78 is 14.4. The highest BCUT2D eigenvalue weighted by Crippen LogP contribution is 2.29. The molecule has 2 aromatic carbocycles. The average molecular weight is 334 g/mol. The molecule has 102 valence electrons. The van der Waals surface area contributed by atoms with Crippen LogP contribution in [0.4, 0.5) is 10.1 Å². The minimum Gasteiger partial charge on any atom is -0.308 e. The molecule has 0 spiro atoms. The molecule has 1 aliphatic rings. The molecular formula is C16H13BrFNO. The van der Waals surface area contributed by atoms with Crippen molar-refractivity contribution in [3.05, 3.63) is 63.9 Å². The third-order valence-electron chi connectivity index (χ3n) is 3.50. The van der Waals surface area contributed by atoms with Gasteiger partial charge in [0.1, 0.15) is 5.82 Å². The van der Waals surface area contributed by atoms with Gasteiger partial charge in [-0.05, 0) is 54.8 Å². The van der Waals surface area contributed by atoms with E-state index in [9.17, 15) is 9.18 Å². The van der Waals surface area contributed by atoms with E-state index >= 15 is 0 Å². The second kappa shape index (κ2) is 5.37. The number of hydrogen-bond donors (Lipinski definition) is 0. The first-order valence-electron chi connectivity index (χ1n) is 6.51. The zero-order valence-corrected chi connectivity index (χ0v) is 12.4. The number of hydrogen-bond acceptors (Lipinski definition) is 1. The highest BCUT2D eigenvalue weighted by atomic mass is 79.9. The summed E-state index contributed by atoms with van der Waals surface area (Å²) in [5, 5.41) is 0. The largest absolute Gasteiger partial charge is 0.308 e. The number of benzene rings is 2. The Balaban J connectivity index is 1.97. The van der Waals surface area contributed by atoms with Crippen LogP contribution >= 0.6 is 15.9 Å². The van der Waals surface area contributed by atoms with Gasteiger partial charge in [-0.2, -0.15) is 0 Å². The zero-order chi connectivity index (χ0) is 14.1. The quantitative estimate of drug-likeness (QED) is 0.766. The van der Waals surface area contributed by atoms with Crippen molar-refractivity contribution in [1.29, 1.82) is 0 Å². The maximum absolute atomic E-state index is 13.4. The predicted molar refractivity (Wildman–Crippen MR) is 80.5 cm³/mol. The number of halogens is 2. The lowest BCUT2D eigenvalue weighted by atomic mass is 10.0. The first kappa shape index (κ1) is 13.3. The van der Waals surface area contributed by atoms with Crippen LogP contribution in [0.1, 0.15) is 22.3 Å². The summed E-state index contributed by atoms with van der Waals surface area (Å²) in [4.78, 5) is 14.2. The molecule has 1 aliphatic heterocycles. The summed E-state index contributed by atoms with van der Waals surface area (Å²) in [6, 6.07) is 11.9. The lowest BCUT2D eigenvalue weighted by Crippen LogP contribution is -2.35. The Morgan fingerprint density at radius 2 is 1.90 bits per heavy atom. The Kier molecular flexibility index (Phi) is 3.57. The number of fused-ring (bicyclic) bond motifs is 1. The molecule has 0 atom stereocenters. The molecule has 1 amide bonds. The summed E-state index contributed by atoms with van der Waals surface area (Å²) in [6.45, 7) is 0.630. The van der Waals surface area contributed by atoms with Crippen LogP contribution < -0.4 is 4.90 Å². The highest BCUT2D eigenvalue weighted by molar-refractivity contribution is 9.10. The summed E-state index contributed by atoms with van der Waals surface area (Å²) in [6.07, 6.45) is 1.79. The molecule has 0 aromatic heterocycles. The zero-order valence-electron chi connectivity index (χ0n) is 10.8. The second-order valence-electron chi connectivity index (χ2n) is 4.84. The molecule has 0 saturated carbocycles. The first-order valence-corrected chi connectivity index (χ1v) is 7.30. The molecule has 0 bridgehead atoms. The Morgan fingerprint density at radius 1 is 1.15 bits per heavy atom. The molecule has 0 unspecified atom stereocenters. The molecule has 0 N–H and O–H groups in total. The van der Waals surface area contributed by atoms with Gasteiger partial charge in [0.05, 0.1) is 5.69 Å². The minimum atomic E-state index is -0.306. The van der Waals surface area contributed by atoms with Gasteiger partial charge in [0.15, 0.2) is 0 Å². The van der Waals surface area contributed by atoms with E-state index in [0.717, 1.165) is 22.9 Å². The molecule has 20 heavy (non-hydrogen) atoms. The van der Waals surface area contributed by atoms with Crippen LogP contribution in [0.5, 0.6) is 0 Å². The molecule has 0 radical (unpaired) electrons. The van der Waals surface area contributed by atoms with E-state index in [1.54, 1.807) is 23.1 Å². The van der Waals surface area contributed by atoms with E-state index < -0.39 is 0 Å². The molecule has 2 nitrogen and oxygen atoms in total. The van der Waals surface area contributed by atoms with Crippen LogP contribution in [0, 0.1) is 5.82 Å². The van der Waals surface area contributed by atoms with Gasteiger partial charge in [-0.3, -0.25) is 4.79 Å². The number of anilines is 1. The van der Waals surface area contributed by atoms with Crippen LogP contribution in [0.3, 0.4) is 0 Å². The maximum atomic E-state index is 13.4. The van der Waals surface area contributed by atoms with Crippen LogP contribution in [-0.4, -0.2) is 12.5 Å². The SMILES string of the molecule is O=C(c1ccc(Br)cc1)N1CCCc2ccc(F)cc21. The lowest BCUT2D eigenvalue weighted by molar-refractivity contribution is 0.0985. The van der Waals surface area contributed by atoms with Gasteiger partial charge in [0, 0.05) is 16.6 Å². The first-order chi connectivity index (χ1) is 9.65. The van der Waals surface area contributed by atoms with Crippen molar-refractivity contribution in [2.24, 2.45) is 0 Å². The summed E-state index contributed by atoms with van der Waals surface area (Å²) in [5.41, 5.74) is 2.34. The minimum absolute atomic E-state index is 0.0796. The van der Waals surface area contributed by atoms with Crippen molar-refractivity contribution in [3.63, 3.8) is 0 Å². The van der Waals surface area contributed by atoms with E-state index in [-0.39, 0.29) is 11.7 Å². The summed E-state index contributed by atoms with van der Waals surface area (Å²) in [5.74, 6) is -0.386. The summed E-state index contributed by atoms with van der Waals surface area (Å²) in [7, 11) is 0. The number of rotatable bonds is 1. The van der Waals surface area contributed by atoms with Crippen molar-refractivity contribution in [3.8, 4) is 0 Å². The number of nitrogens with zero attached hydrogens (tertiary/aromatic N) is 1. The van der Waals surface area contributed by atoms with Crippen molar-refractivity contribution in [2.75, 3.05) is 11.4 Å². The third-order valence-corrected chi connectivity index (χ3v) is 4.03. The van der Waals surface area contributed by atoms with Gasteiger partial charge in [0.2, 0.25) is 0 Å². The average Bonchev–Trinajstić information content (AvgIpc) is 2.46. The molecule has 0 aliphatic carbocycles. The normalized spacial score (nSPS) is 14.0. The van der Waals surface area contributed by atoms with Gasteiger partial charge < -0.3 is 4.90 Å². The molecule has 0 saturated heterocycles. The van der Waals surface area contributed by atoms with Crippen molar-refractivity contribution in [2.45, 2.75) is 12.8 Å². The van der Waals surface area contributed by atoms with Gasteiger partial charge in [-0.1, -0.05) is 22.0 Å². The molecule has 0 fully saturated rings. The van der Waals surface area contributed by atoms with E-state index in [2.05, 4.69) is 15.9 Å². The van der Waals surface area contributed by atoms with Gasteiger partial charge >= 0.3 is 0 Å². The maximum Gasteiger partial charge on any atom is 0.258 e. The number of amides is 1. The Hall–Kier alpha value is -1.68. The second-order valence-corrected chi connectivity index (χ2v) is 5.76. The predicted octanol–water partition coefficient (Wildman–Crippen LogP) is 4.18. The van der Waals surface area contributed by atoms with Crippen LogP contribution in [0.2, 0.25) is 0 Å². The van der Waals surface area contributed by atoms with Gasteiger partial charge in [-0.15, -0.1) is 0 Å². The third kappa shape index (κ3) is 2.48. The number of aryl methyl sites for hydroxylation is 1. The standard InChI is InChI=1S/C16H13BrFNO/c17-13-6-3-12(4-7-13)16(20)19-9-1-2-11-5-8-14(18)10-15(11)19/h3-8,10H,1-2,9H2. The number of carbonyl (C=O) groups excluding carboxylic acids is 1. The van der Waals surface area contributed by atoms with Gasteiger partial charge in [0.25, 0.3) is 5.91 Å². The molecule has 1 heterocycles. The topological polar surface area (TPSA) is 20.3 Å². The van der Waals surface area contributed by atoms with Crippen LogP contribution in [-0.2, 0) is 6.42 Å².